The van der Waals surface area contributed by atoms with E-state index in [1.54, 1.807) is 33.8 Å². The third kappa shape index (κ3) is 4.61. The summed E-state index contributed by atoms with van der Waals surface area (Å²) in [5.41, 5.74) is -0.265. The number of ether oxygens (including phenoxy) is 2. The number of carbonyl (C=O) groups excluding carboxylic acids is 1. The Bertz CT molecular complexity index is 427. The minimum Gasteiger partial charge on any atom is -0.491 e. The van der Waals surface area contributed by atoms with Gasteiger partial charge in [0.1, 0.15) is 5.60 Å². The number of hydrogen-bond donors (Lipinski definition) is 1. The first kappa shape index (κ1) is 14.3. The first-order valence-corrected chi connectivity index (χ1v) is 5.74. The fraction of sp³-hybridized carbons (Fsp3) is 0.462. The number of carbonyl (C=O) groups is 1. The van der Waals surface area contributed by atoms with Crippen LogP contribution in [-0.2, 0) is 4.74 Å². The fourth-order valence-corrected chi connectivity index (χ4v) is 1.27. The zero-order chi connectivity index (χ0) is 13.8. The van der Waals surface area contributed by atoms with Crippen molar-refractivity contribution in [2.24, 2.45) is 0 Å². The van der Waals surface area contributed by atoms with E-state index in [1.807, 2.05) is 0 Å². The molecule has 0 radical (unpaired) electrons. The van der Waals surface area contributed by atoms with Crippen LogP contribution in [0.25, 0.3) is 0 Å². The predicted octanol–water partition coefficient (Wildman–Crippen LogP) is 3.57. The molecule has 0 saturated carbocycles. The second-order valence-corrected chi connectivity index (χ2v) is 4.71. The zero-order valence-electron chi connectivity index (χ0n) is 11.0. The van der Waals surface area contributed by atoms with E-state index < -0.39 is 17.5 Å². The molecule has 0 unspecified atom stereocenters. The van der Waals surface area contributed by atoms with Crippen molar-refractivity contribution in [1.29, 1.82) is 0 Å². The molecule has 1 N–H and O–H groups in total. The predicted molar refractivity (Wildman–Crippen MR) is 67.4 cm³/mol. The Labute approximate surface area is 106 Å². The van der Waals surface area contributed by atoms with Crippen LogP contribution in [-0.4, -0.2) is 18.3 Å². The molecule has 0 bridgehead atoms. The number of rotatable bonds is 3. The molecule has 0 spiro atoms. The van der Waals surface area contributed by atoms with Gasteiger partial charge in [-0.2, -0.15) is 0 Å². The fourth-order valence-electron chi connectivity index (χ4n) is 1.27. The van der Waals surface area contributed by atoms with E-state index in [9.17, 15) is 9.18 Å². The van der Waals surface area contributed by atoms with Crippen LogP contribution in [0.3, 0.4) is 0 Å². The molecule has 0 heterocycles. The highest BCUT2D eigenvalue weighted by Crippen LogP contribution is 2.21. The average Bonchev–Trinajstić information content (AvgIpc) is 2.19. The molecular formula is C13H18FNO3. The van der Waals surface area contributed by atoms with E-state index in [2.05, 4.69) is 5.32 Å². The smallest absolute Gasteiger partial charge is 0.412 e. The molecule has 1 aromatic rings. The zero-order valence-corrected chi connectivity index (χ0v) is 11.0. The molecule has 5 heteroatoms. The quantitative estimate of drug-likeness (QED) is 0.898. The number of amides is 1. The van der Waals surface area contributed by atoms with Crippen LogP contribution in [0.2, 0.25) is 0 Å². The molecule has 0 aliphatic rings. The van der Waals surface area contributed by atoms with Gasteiger partial charge in [-0.3, -0.25) is 5.32 Å². The summed E-state index contributed by atoms with van der Waals surface area (Å²) in [7, 11) is 0. The third-order valence-corrected chi connectivity index (χ3v) is 1.88. The maximum absolute atomic E-state index is 13.5. The average molecular weight is 255 g/mol. The van der Waals surface area contributed by atoms with Crippen molar-refractivity contribution in [3.05, 3.63) is 24.0 Å². The molecule has 0 aromatic heterocycles. The molecule has 1 rings (SSSR count). The number of hydrogen-bond acceptors (Lipinski definition) is 3. The largest absolute Gasteiger partial charge is 0.491 e. The van der Waals surface area contributed by atoms with Gasteiger partial charge in [0.2, 0.25) is 0 Å². The van der Waals surface area contributed by atoms with E-state index in [4.69, 9.17) is 9.47 Å². The molecule has 18 heavy (non-hydrogen) atoms. The first-order chi connectivity index (χ1) is 8.31. The van der Waals surface area contributed by atoms with Crippen LogP contribution in [0, 0.1) is 5.82 Å². The van der Waals surface area contributed by atoms with Gasteiger partial charge in [-0.25, -0.2) is 9.18 Å². The van der Waals surface area contributed by atoms with Crippen LogP contribution in [0.4, 0.5) is 14.9 Å². The van der Waals surface area contributed by atoms with E-state index in [0.29, 0.717) is 12.3 Å². The highest BCUT2D eigenvalue weighted by Gasteiger charge is 2.16. The van der Waals surface area contributed by atoms with Gasteiger partial charge >= 0.3 is 6.09 Å². The first-order valence-electron chi connectivity index (χ1n) is 5.74. The molecule has 100 valence electrons. The van der Waals surface area contributed by atoms with Gasteiger partial charge in [-0.15, -0.1) is 0 Å². The minimum atomic E-state index is -0.619. The van der Waals surface area contributed by atoms with Crippen molar-refractivity contribution in [1.82, 2.24) is 0 Å². The molecular weight excluding hydrogens is 237 g/mol. The standard InChI is InChI=1S/C13H18FNO3/c1-5-17-11-7-6-9(8-10(11)14)15-12(16)18-13(2,3)4/h6-8H,5H2,1-4H3,(H,15,16). The van der Waals surface area contributed by atoms with Crippen molar-refractivity contribution in [2.45, 2.75) is 33.3 Å². The minimum absolute atomic E-state index is 0.159. The number of anilines is 1. The molecule has 0 aliphatic heterocycles. The lowest BCUT2D eigenvalue weighted by molar-refractivity contribution is 0.0636. The van der Waals surface area contributed by atoms with Gasteiger partial charge in [0.05, 0.1) is 6.61 Å². The van der Waals surface area contributed by atoms with Crippen LogP contribution >= 0.6 is 0 Å². The summed E-state index contributed by atoms with van der Waals surface area (Å²) in [6.45, 7) is 7.42. The van der Waals surface area contributed by atoms with Crippen LogP contribution < -0.4 is 10.1 Å². The van der Waals surface area contributed by atoms with E-state index in [0.717, 1.165) is 0 Å². The molecule has 4 nitrogen and oxygen atoms in total. The lowest BCUT2D eigenvalue weighted by atomic mass is 10.2. The van der Waals surface area contributed by atoms with Crippen LogP contribution in [0.15, 0.2) is 18.2 Å². The summed E-state index contributed by atoms with van der Waals surface area (Å²) in [5.74, 6) is -0.363. The van der Waals surface area contributed by atoms with E-state index in [1.165, 1.54) is 12.1 Å². The number of halogens is 1. The highest BCUT2D eigenvalue weighted by atomic mass is 19.1. The summed E-state index contributed by atoms with van der Waals surface area (Å²) in [5, 5.41) is 2.45. The molecule has 0 aliphatic carbocycles. The molecule has 0 atom stereocenters. The molecule has 1 amide bonds. The van der Waals surface area contributed by atoms with Gasteiger partial charge in [-0.05, 0) is 39.8 Å². The SMILES string of the molecule is CCOc1ccc(NC(=O)OC(C)(C)C)cc1F. The Balaban J connectivity index is 2.69. The van der Waals surface area contributed by atoms with Crippen molar-refractivity contribution in [2.75, 3.05) is 11.9 Å². The molecule has 0 fully saturated rings. The topological polar surface area (TPSA) is 47.6 Å². The Morgan fingerprint density at radius 2 is 2.06 bits per heavy atom. The Hall–Kier alpha value is -1.78. The van der Waals surface area contributed by atoms with Gasteiger partial charge < -0.3 is 9.47 Å². The molecule has 0 saturated heterocycles. The molecule has 1 aromatic carbocycles. The van der Waals surface area contributed by atoms with E-state index in [-0.39, 0.29) is 5.75 Å². The Morgan fingerprint density at radius 1 is 1.39 bits per heavy atom. The lowest BCUT2D eigenvalue weighted by Crippen LogP contribution is -2.27. The highest BCUT2D eigenvalue weighted by molar-refractivity contribution is 5.84. The second-order valence-electron chi connectivity index (χ2n) is 4.71. The number of benzene rings is 1. The summed E-state index contributed by atoms with van der Waals surface area (Å²) < 4.78 is 23.6. The summed E-state index contributed by atoms with van der Waals surface area (Å²) >= 11 is 0. The normalized spacial score (nSPS) is 10.9. The third-order valence-electron chi connectivity index (χ3n) is 1.88. The lowest BCUT2D eigenvalue weighted by Gasteiger charge is -2.19. The van der Waals surface area contributed by atoms with Crippen molar-refractivity contribution < 1.29 is 18.7 Å². The van der Waals surface area contributed by atoms with E-state index >= 15 is 0 Å². The number of nitrogens with one attached hydrogen (secondary N) is 1. The Morgan fingerprint density at radius 3 is 2.56 bits per heavy atom. The Kier molecular flexibility index (Phi) is 4.53. The van der Waals surface area contributed by atoms with Gasteiger partial charge in [0.25, 0.3) is 0 Å². The second kappa shape index (κ2) is 5.71. The maximum atomic E-state index is 13.5. The van der Waals surface area contributed by atoms with Crippen LogP contribution in [0.5, 0.6) is 5.75 Å². The van der Waals surface area contributed by atoms with Crippen molar-refractivity contribution >= 4 is 11.8 Å². The summed E-state index contributed by atoms with van der Waals surface area (Å²) in [4.78, 5) is 11.5. The summed E-state index contributed by atoms with van der Waals surface area (Å²) in [6, 6.07) is 4.21. The van der Waals surface area contributed by atoms with Gasteiger partial charge in [-0.1, -0.05) is 0 Å². The maximum Gasteiger partial charge on any atom is 0.412 e. The van der Waals surface area contributed by atoms with Crippen LogP contribution in [0.1, 0.15) is 27.7 Å². The summed E-state index contributed by atoms with van der Waals surface area (Å²) in [6.07, 6.45) is -0.619. The van der Waals surface area contributed by atoms with Crippen molar-refractivity contribution in [3.8, 4) is 5.75 Å². The van der Waals surface area contributed by atoms with Gasteiger partial charge in [0, 0.05) is 11.8 Å². The van der Waals surface area contributed by atoms with Gasteiger partial charge in [0.15, 0.2) is 11.6 Å². The monoisotopic (exact) mass is 255 g/mol. The van der Waals surface area contributed by atoms with Crippen molar-refractivity contribution in [3.63, 3.8) is 0 Å².